The maximum atomic E-state index is 2.71. The average molecular weight is 345 g/mol. The maximum Gasteiger partial charge on any atom is 0.0143 e. The van der Waals surface area contributed by atoms with Crippen LogP contribution in [0.1, 0.15) is 68.7 Å². The first-order chi connectivity index (χ1) is 11.5. The molecule has 0 heterocycles. The lowest BCUT2D eigenvalue weighted by Gasteiger charge is -2.48. The number of hydrogen-bond donors (Lipinski definition) is 0. The minimum atomic E-state index is -0.589. The van der Waals surface area contributed by atoms with Crippen LogP contribution in [0.3, 0.4) is 0 Å². The summed E-state index contributed by atoms with van der Waals surface area (Å²) in [6.45, 7) is 4.98. The van der Waals surface area contributed by atoms with E-state index in [2.05, 4.69) is 50.6 Å². The van der Waals surface area contributed by atoms with Crippen molar-refractivity contribution in [3.63, 3.8) is 0 Å². The van der Waals surface area contributed by atoms with Gasteiger partial charge in [0.25, 0.3) is 0 Å². The van der Waals surface area contributed by atoms with Gasteiger partial charge in [-0.05, 0) is 84.7 Å². The van der Waals surface area contributed by atoms with Crippen molar-refractivity contribution < 1.29 is 0 Å². The fraction of sp³-hybridized carbons (Fsp3) is 0.739. The maximum absolute atomic E-state index is 2.71. The molecule has 5 atom stereocenters. The molecule has 0 aliphatic heterocycles. The zero-order valence-electron chi connectivity index (χ0n) is 16.1. The van der Waals surface area contributed by atoms with E-state index in [4.69, 9.17) is 0 Å². The standard InChI is InChI=1S/C23H36S/c1-16(2)21-15-23(20-12-8-7-11-19(20)21)24(3,4)22-14-13-17-9-5-6-10-18(17)22/h5-6,9-10,16,19-23H,7-8,11-15H2,1-4H3. The van der Waals surface area contributed by atoms with E-state index in [9.17, 15) is 0 Å². The SMILES string of the molecule is CC(C)C1CC(S(C)(C)C2CCc3ccccc32)C2CCCCC12. The minimum absolute atomic E-state index is 0.589. The zero-order valence-corrected chi connectivity index (χ0v) is 16.9. The van der Waals surface area contributed by atoms with Gasteiger partial charge in [0, 0.05) is 5.25 Å². The molecular formula is C23H36S. The highest BCUT2D eigenvalue weighted by Crippen LogP contribution is 2.69. The number of fused-ring (bicyclic) bond motifs is 2. The molecule has 1 aromatic rings. The van der Waals surface area contributed by atoms with Gasteiger partial charge in [-0.3, -0.25) is 0 Å². The predicted octanol–water partition coefficient (Wildman–Crippen LogP) is 6.59. The number of hydrogen-bond acceptors (Lipinski definition) is 0. The van der Waals surface area contributed by atoms with Gasteiger partial charge in [0.1, 0.15) is 0 Å². The molecule has 2 saturated carbocycles. The first kappa shape index (κ1) is 17.0. The van der Waals surface area contributed by atoms with Gasteiger partial charge in [0.05, 0.1) is 0 Å². The van der Waals surface area contributed by atoms with Crippen molar-refractivity contribution in [3.05, 3.63) is 35.4 Å². The van der Waals surface area contributed by atoms with Crippen molar-refractivity contribution in [2.45, 2.75) is 69.3 Å². The molecule has 4 rings (SSSR count). The Kier molecular flexibility index (Phi) is 4.52. The predicted molar refractivity (Wildman–Crippen MR) is 109 cm³/mol. The Bertz CT molecular complexity index is 587. The Balaban J connectivity index is 1.64. The van der Waals surface area contributed by atoms with Crippen LogP contribution >= 0.6 is 10.0 Å². The summed E-state index contributed by atoms with van der Waals surface area (Å²) >= 11 is 0. The van der Waals surface area contributed by atoms with Crippen molar-refractivity contribution in [1.29, 1.82) is 0 Å². The van der Waals surface area contributed by atoms with Crippen LogP contribution in [0.5, 0.6) is 0 Å². The van der Waals surface area contributed by atoms with Crippen LogP contribution in [0.25, 0.3) is 0 Å². The summed E-state index contributed by atoms with van der Waals surface area (Å²) in [7, 11) is -0.589. The first-order valence-corrected chi connectivity index (χ1v) is 12.9. The van der Waals surface area contributed by atoms with Crippen molar-refractivity contribution in [1.82, 2.24) is 0 Å². The molecule has 1 heteroatoms. The number of rotatable bonds is 3. The van der Waals surface area contributed by atoms with E-state index in [0.29, 0.717) is 0 Å². The Hall–Kier alpha value is -0.430. The molecule has 0 amide bonds. The Morgan fingerprint density at radius 3 is 2.42 bits per heavy atom. The molecular weight excluding hydrogens is 308 g/mol. The van der Waals surface area contributed by atoms with Gasteiger partial charge in [-0.15, -0.1) is 0 Å². The van der Waals surface area contributed by atoms with Crippen LogP contribution in [0, 0.1) is 23.7 Å². The van der Waals surface area contributed by atoms with Crippen LogP contribution < -0.4 is 0 Å². The van der Waals surface area contributed by atoms with Gasteiger partial charge in [0.2, 0.25) is 0 Å². The molecule has 0 saturated heterocycles. The summed E-state index contributed by atoms with van der Waals surface area (Å²) in [5, 5.41) is 1.89. The first-order valence-electron chi connectivity index (χ1n) is 10.3. The highest BCUT2D eigenvalue weighted by Gasteiger charge is 2.51. The van der Waals surface area contributed by atoms with Crippen LogP contribution in [0.4, 0.5) is 0 Å². The van der Waals surface area contributed by atoms with E-state index in [1.54, 1.807) is 11.1 Å². The third kappa shape index (κ3) is 2.66. The second-order valence-electron chi connectivity index (χ2n) is 9.51. The second kappa shape index (κ2) is 6.38. The van der Waals surface area contributed by atoms with Gasteiger partial charge in [-0.1, -0.05) is 51.0 Å². The monoisotopic (exact) mass is 344 g/mol. The highest BCUT2D eigenvalue weighted by molar-refractivity contribution is 8.33. The normalized spacial score (nSPS) is 36.6. The van der Waals surface area contributed by atoms with E-state index in [1.165, 1.54) is 44.9 Å². The molecule has 0 bridgehead atoms. The third-order valence-corrected chi connectivity index (χ3v) is 11.9. The number of benzene rings is 1. The third-order valence-electron chi connectivity index (χ3n) is 7.85. The second-order valence-corrected chi connectivity index (χ2v) is 13.7. The number of aryl methyl sites for hydroxylation is 1. The van der Waals surface area contributed by atoms with Crippen LogP contribution in [-0.4, -0.2) is 17.8 Å². The Morgan fingerprint density at radius 2 is 1.67 bits per heavy atom. The van der Waals surface area contributed by atoms with Gasteiger partial charge >= 0.3 is 0 Å². The van der Waals surface area contributed by atoms with Gasteiger partial charge in [0.15, 0.2) is 0 Å². The minimum Gasteiger partial charge on any atom is -0.237 e. The molecule has 2 fully saturated rings. The lowest BCUT2D eigenvalue weighted by atomic mass is 9.75. The van der Waals surface area contributed by atoms with E-state index in [-0.39, 0.29) is 0 Å². The summed E-state index contributed by atoms with van der Waals surface area (Å²) in [6, 6.07) is 9.36. The topological polar surface area (TPSA) is 0 Å². The van der Waals surface area contributed by atoms with Gasteiger partial charge < -0.3 is 0 Å². The van der Waals surface area contributed by atoms with E-state index >= 15 is 0 Å². The Labute approximate surface area is 151 Å². The summed E-state index contributed by atoms with van der Waals surface area (Å²) in [5.41, 5.74) is 3.37. The molecule has 0 aromatic heterocycles. The van der Waals surface area contributed by atoms with Crippen molar-refractivity contribution >= 4 is 10.0 Å². The van der Waals surface area contributed by atoms with Crippen molar-refractivity contribution in [3.8, 4) is 0 Å². The van der Waals surface area contributed by atoms with Crippen LogP contribution in [0.2, 0.25) is 0 Å². The van der Waals surface area contributed by atoms with Gasteiger partial charge in [-0.2, -0.15) is 0 Å². The van der Waals surface area contributed by atoms with Gasteiger partial charge in [-0.25, -0.2) is 10.0 Å². The molecule has 0 nitrogen and oxygen atoms in total. The van der Waals surface area contributed by atoms with Crippen molar-refractivity contribution in [2.75, 3.05) is 12.5 Å². The molecule has 134 valence electrons. The molecule has 1 aromatic carbocycles. The summed E-state index contributed by atoms with van der Waals surface area (Å²) in [6.07, 6.45) is 15.8. The molecule has 3 aliphatic carbocycles. The molecule has 0 spiro atoms. The molecule has 0 radical (unpaired) electrons. The Morgan fingerprint density at radius 1 is 0.958 bits per heavy atom. The highest BCUT2D eigenvalue weighted by atomic mass is 32.3. The molecule has 5 unspecified atom stereocenters. The fourth-order valence-electron chi connectivity index (χ4n) is 6.62. The molecule has 3 aliphatic rings. The van der Waals surface area contributed by atoms with E-state index in [1.807, 2.05) is 0 Å². The van der Waals surface area contributed by atoms with Crippen LogP contribution in [0.15, 0.2) is 24.3 Å². The van der Waals surface area contributed by atoms with E-state index < -0.39 is 10.0 Å². The lowest BCUT2D eigenvalue weighted by Crippen LogP contribution is -2.29. The van der Waals surface area contributed by atoms with Crippen molar-refractivity contribution in [2.24, 2.45) is 23.7 Å². The summed E-state index contributed by atoms with van der Waals surface area (Å²) in [4.78, 5) is 0. The summed E-state index contributed by atoms with van der Waals surface area (Å²) in [5.74, 6) is 3.98. The quantitative estimate of drug-likeness (QED) is 0.580. The largest absolute Gasteiger partial charge is 0.237 e. The molecule has 0 N–H and O–H groups in total. The van der Waals surface area contributed by atoms with E-state index in [0.717, 1.165) is 34.2 Å². The summed E-state index contributed by atoms with van der Waals surface area (Å²) < 4.78 is 0. The smallest absolute Gasteiger partial charge is 0.0143 e. The lowest BCUT2D eigenvalue weighted by molar-refractivity contribution is 0.194. The molecule has 24 heavy (non-hydrogen) atoms. The fourth-order valence-corrected chi connectivity index (χ4v) is 10.6. The average Bonchev–Trinajstić information content (AvgIpc) is 3.17. The van der Waals surface area contributed by atoms with Crippen LogP contribution in [-0.2, 0) is 6.42 Å². The zero-order chi connectivity index (χ0) is 16.9.